The summed E-state index contributed by atoms with van der Waals surface area (Å²) in [6.45, 7) is 11.0. The summed E-state index contributed by atoms with van der Waals surface area (Å²) in [6, 6.07) is 6.10. The number of nitrogens with one attached hydrogen (secondary N) is 2. The van der Waals surface area contributed by atoms with Gasteiger partial charge in [0.05, 0.1) is 26.4 Å². The van der Waals surface area contributed by atoms with E-state index >= 15 is 0 Å². The van der Waals surface area contributed by atoms with Crippen LogP contribution in [-0.2, 0) is 11.2 Å². The molecule has 164 valence electrons. The first-order valence-electron chi connectivity index (χ1n) is 10.8. The van der Waals surface area contributed by atoms with Crippen molar-refractivity contribution in [1.29, 1.82) is 0 Å². The SMILES string of the molecule is CCNC(=NCC1(CCO)CCOC1)NCCc1ccc(OCC)c(OCC)c1. The highest BCUT2D eigenvalue weighted by Crippen LogP contribution is 2.32. The molecule has 1 aromatic carbocycles. The molecule has 1 aliphatic heterocycles. The van der Waals surface area contributed by atoms with Crippen molar-refractivity contribution in [1.82, 2.24) is 10.6 Å². The van der Waals surface area contributed by atoms with Crippen molar-refractivity contribution in [3.8, 4) is 11.5 Å². The summed E-state index contributed by atoms with van der Waals surface area (Å²) < 4.78 is 16.9. The van der Waals surface area contributed by atoms with Crippen LogP contribution in [0.25, 0.3) is 0 Å². The molecule has 0 radical (unpaired) electrons. The molecule has 1 aromatic rings. The zero-order valence-corrected chi connectivity index (χ0v) is 18.1. The lowest BCUT2D eigenvalue weighted by atomic mass is 9.84. The summed E-state index contributed by atoms with van der Waals surface area (Å²) in [6.07, 6.45) is 2.52. The molecule has 1 aliphatic rings. The van der Waals surface area contributed by atoms with Crippen LogP contribution in [0.1, 0.15) is 39.2 Å². The van der Waals surface area contributed by atoms with Crippen LogP contribution in [0.15, 0.2) is 23.2 Å². The summed E-state index contributed by atoms with van der Waals surface area (Å²) in [5, 5.41) is 16.1. The average molecular weight is 408 g/mol. The molecule has 1 unspecified atom stereocenters. The van der Waals surface area contributed by atoms with Gasteiger partial charge in [-0.2, -0.15) is 0 Å². The van der Waals surface area contributed by atoms with E-state index in [1.807, 2.05) is 26.0 Å². The maximum Gasteiger partial charge on any atom is 0.191 e. The lowest BCUT2D eigenvalue weighted by Crippen LogP contribution is -2.39. The first-order valence-corrected chi connectivity index (χ1v) is 10.8. The van der Waals surface area contributed by atoms with E-state index in [9.17, 15) is 5.11 Å². The number of hydrogen-bond acceptors (Lipinski definition) is 5. The largest absolute Gasteiger partial charge is 0.490 e. The number of rotatable bonds is 12. The van der Waals surface area contributed by atoms with E-state index in [2.05, 4.69) is 23.6 Å². The summed E-state index contributed by atoms with van der Waals surface area (Å²) in [4.78, 5) is 4.76. The number of nitrogens with zero attached hydrogens (tertiary/aromatic N) is 1. The van der Waals surface area contributed by atoms with E-state index < -0.39 is 0 Å². The van der Waals surface area contributed by atoms with Gasteiger partial charge in [0.2, 0.25) is 0 Å². The zero-order chi connectivity index (χ0) is 21.0. The molecule has 0 amide bonds. The number of benzene rings is 1. The summed E-state index contributed by atoms with van der Waals surface area (Å²) >= 11 is 0. The highest BCUT2D eigenvalue weighted by Gasteiger charge is 2.34. The van der Waals surface area contributed by atoms with Crippen LogP contribution in [0.5, 0.6) is 11.5 Å². The van der Waals surface area contributed by atoms with E-state index in [-0.39, 0.29) is 12.0 Å². The molecule has 3 N–H and O–H groups in total. The minimum atomic E-state index is -0.0431. The molecule has 7 nitrogen and oxygen atoms in total. The maximum atomic E-state index is 9.39. The molecule has 1 saturated heterocycles. The molecule has 29 heavy (non-hydrogen) atoms. The van der Waals surface area contributed by atoms with Crippen LogP contribution in [0, 0.1) is 5.41 Å². The van der Waals surface area contributed by atoms with E-state index in [4.69, 9.17) is 19.2 Å². The summed E-state index contributed by atoms with van der Waals surface area (Å²) in [5.41, 5.74) is 1.14. The standard InChI is InChI=1S/C22H37N3O4/c1-4-23-21(25-16-22(10-13-26)11-14-27-17-22)24-12-9-18-7-8-19(28-5-2)20(15-18)29-6-3/h7-8,15,26H,4-6,9-14,16-17H2,1-3H3,(H2,23,24,25). The maximum absolute atomic E-state index is 9.39. The second kappa shape index (κ2) is 12.5. The van der Waals surface area contributed by atoms with Gasteiger partial charge in [0.25, 0.3) is 0 Å². The van der Waals surface area contributed by atoms with Gasteiger partial charge in [-0.3, -0.25) is 4.99 Å². The Balaban J connectivity index is 1.94. The monoisotopic (exact) mass is 407 g/mol. The Morgan fingerprint density at radius 3 is 2.62 bits per heavy atom. The van der Waals surface area contributed by atoms with Crippen molar-refractivity contribution in [2.24, 2.45) is 10.4 Å². The third-order valence-corrected chi connectivity index (χ3v) is 5.06. The number of aliphatic imine (C=N–C) groups is 1. The first-order chi connectivity index (χ1) is 14.2. The van der Waals surface area contributed by atoms with Gasteiger partial charge in [-0.1, -0.05) is 6.07 Å². The van der Waals surface area contributed by atoms with Gasteiger partial charge in [-0.05, 0) is 57.7 Å². The smallest absolute Gasteiger partial charge is 0.191 e. The number of hydrogen-bond donors (Lipinski definition) is 3. The number of aliphatic hydroxyl groups excluding tert-OH is 1. The van der Waals surface area contributed by atoms with Gasteiger partial charge in [-0.25, -0.2) is 0 Å². The molecule has 1 atom stereocenters. The van der Waals surface area contributed by atoms with Crippen LogP contribution in [0.3, 0.4) is 0 Å². The lowest BCUT2D eigenvalue weighted by molar-refractivity contribution is 0.131. The third kappa shape index (κ3) is 7.40. The summed E-state index contributed by atoms with van der Waals surface area (Å²) in [5.74, 6) is 2.38. The Morgan fingerprint density at radius 1 is 1.17 bits per heavy atom. The quantitative estimate of drug-likeness (QED) is 0.364. The predicted molar refractivity (Wildman–Crippen MR) is 116 cm³/mol. The van der Waals surface area contributed by atoms with Crippen molar-refractivity contribution in [3.05, 3.63) is 23.8 Å². The van der Waals surface area contributed by atoms with Gasteiger partial charge in [0, 0.05) is 31.7 Å². The molecule has 1 fully saturated rings. The van der Waals surface area contributed by atoms with Crippen molar-refractivity contribution in [2.75, 3.05) is 52.7 Å². The van der Waals surface area contributed by atoms with Crippen LogP contribution in [0.4, 0.5) is 0 Å². The minimum absolute atomic E-state index is 0.0431. The van der Waals surface area contributed by atoms with Crippen LogP contribution < -0.4 is 20.1 Å². The van der Waals surface area contributed by atoms with Crippen molar-refractivity contribution < 1.29 is 19.3 Å². The second-order valence-electron chi connectivity index (χ2n) is 7.30. The Labute approximate surface area is 174 Å². The Kier molecular flexibility index (Phi) is 10.1. The molecular weight excluding hydrogens is 370 g/mol. The van der Waals surface area contributed by atoms with E-state index in [0.717, 1.165) is 56.4 Å². The highest BCUT2D eigenvalue weighted by atomic mass is 16.5. The van der Waals surface area contributed by atoms with E-state index in [1.165, 1.54) is 5.56 Å². The molecule has 0 saturated carbocycles. The molecule has 0 aliphatic carbocycles. The molecule has 0 bridgehead atoms. The van der Waals surface area contributed by atoms with Crippen molar-refractivity contribution in [3.63, 3.8) is 0 Å². The molecule has 1 heterocycles. The molecular formula is C22H37N3O4. The molecule has 2 rings (SSSR count). The number of guanidine groups is 1. The predicted octanol–water partition coefficient (Wildman–Crippen LogP) is 2.37. The van der Waals surface area contributed by atoms with Crippen molar-refractivity contribution >= 4 is 5.96 Å². The zero-order valence-electron chi connectivity index (χ0n) is 18.1. The summed E-state index contributed by atoms with van der Waals surface area (Å²) in [7, 11) is 0. The van der Waals surface area contributed by atoms with Gasteiger partial charge in [0.15, 0.2) is 17.5 Å². The van der Waals surface area contributed by atoms with Gasteiger partial charge < -0.3 is 30.0 Å². The fourth-order valence-corrected chi connectivity index (χ4v) is 3.45. The third-order valence-electron chi connectivity index (χ3n) is 5.06. The molecule has 0 spiro atoms. The molecule has 7 heteroatoms. The highest BCUT2D eigenvalue weighted by molar-refractivity contribution is 5.79. The van der Waals surface area contributed by atoms with Gasteiger partial charge in [-0.15, -0.1) is 0 Å². The Hall–Kier alpha value is -1.99. The fourth-order valence-electron chi connectivity index (χ4n) is 3.45. The van der Waals surface area contributed by atoms with E-state index in [0.29, 0.717) is 26.4 Å². The van der Waals surface area contributed by atoms with Crippen LogP contribution in [-0.4, -0.2) is 63.7 Å². The minimum Gasteiger partial charge on any atom is -0.490 e. The van der Waals surface area contributed by atoms with Gasteiger partial charge in [0.1, 0.15) is 0 Å². The molecule has 0 aromatic heterocycles. The van der Waals surface area contributed by atoms with Crippen LogP contribution >= 0.6 is 0 Å². The van der Waals surface area contributed by atoms with Crippen LogP contribution in [0.2, 0.25) is 0 Å². The lowest BCUT2D eigenvalue weighted by Gasteiger charge is -2.24. The topological polar surface area (TPSA) is 84.3 Å². The van der Waals surface area contributed by atoms with Crippen molar-refractivity contribution in [2.45, 2.75) is 40.0 Å². The van der Waals surface area contributed by atoms with E-state index in [1.54, 1.807) is 0 Å². The Bertz CT molecular complexity index is 630. The number of ether oxygens (including phenoxy) is 3. The normalized spacial score (nSPS) is 19.2. The Morgan fingerprint density at radius 2 is 1.97 bits per heavy atom. The second-order valence-corrected chi connectivity index (χ2v) is 7.30. The van der Waals surface area contributed by atoms with Gasteiger partial charge >= 0.3 is 0 Å². The average Bonchev–Trinajstić information content (AvgIpc) is 3.17. The fraction of sp³-hybridized carbons (Fsp3) is 0.682. The first kappa shape index (κ1) is 23.3. The number of aliphatic hydroxyl groups is 1.